The Morgan fingerprint density at radius 3 is 2.57 bits per heavy atom. The van der Waals surface area contributed by atoms with Gasteiger partial charge in [-0.3, -0.25) is 0 Å². The molecule has 1 atom stereocenters. The molecule has 1 aromatic carbocycles. The van der Waals surface area contributed by atoms with Crippen LogP contribution in [0.5, 0.6) is 5.75 Å². The first-order valence-corrected chi connectivity index (χ1v) is 8.37. The van der Waals surface area contributed by atoms with Crippen LogP contribution in [0.1, 0.15) is 51.0 Å². The lowest BCUT2D eigenvalue weighted by Crippen LogP contribution is -2.03. The SMILES string of the molecule is CCCCCC/C=C/CCc1ccc(OCC2CO2)cc1. The molecule has 1 aromatic rings. The second kappa shape index (κ2) is 9.62. The minimum atomic E-state index is 0.326. The highest BCUT2D eigenvalue weighted by molar-refractivity contribution is 5.27. The van der Waals surface area contributed by atoms with E-state index in [1.165, 1.54) is 37.7 Å². The van der Waals surface area contributed by atoms with E-state index in [-0.39, 0.29) is 0 Å². The van der Waals surface area contributed by atoms with Crippen LogP contribution in [0.15, 0.2) is 36.4 Å². The van der Waals surface area contributed by atoms with Gasteiger partial charge in [-0.2, -0.15) is 0 Å². The van der Waals surface area contributed by atoms with Crippen molar-refractivity contribution in [1.29, 1.82) is 0 Å². The topological polar surface area (TPSA) is 21.8 Å². The lowest BCUT2D eigenvalue weighted by Gasteiger charge is -2.05. The molecular formula is C19H28O2. The van der Waals surface area contributed by atoms with Crippen LogP contribution in [0.25, 0.3) is 0 Å². The number of allylic oxidation sites excluding steroid dienone is 2. The zero-order valence-corrected chi connectivity index (χ0v) is 13.2. The molecule has 116 valence electrons. The predicted octanol–water partition coefficient (Wildman–Crippen LogP) is 4.92. The van der Waals surface area contributed by atoms with Gasteiger partial charge in [0.25, 0.3) is 0 Å². The van der Waals surface area contributed by atoms with Crippen molar-refractivity contribution in [3.63, 3.8) is 0 Å². The van der Waals surface area contributed by atoms with Crippen molar-refractivity contribution in [1.82, 2.24) is 0 Å². The van der Waals surface area contributed by atoms with E-state index in [9.17, 15) is 0 Å². The lowest BCUT2D eigenvalue weighted by molar-refractivity contribution is 0.263. The van der Waals surface area contributed by atoms with E-state index in [0.717, 1.165) is 25.2 Å². The van der Waals surface area contributed by atoms with Crippen molar-refractivity contribution in [2.24, 2.45) is 0 Å². The summed E-state index contributed by atoms with van der Waals surface area (Å²) in [6, 6.07) is 8.45. The van der Waals surface area contributed by atoms with E-state index in [1.54, 1.807) is 0 Å². The molecule has 0 aromatic heterocycles. The highest BCUT2D eigenvalue weighted by atomic mass is 16.6. The standard InChI is InChI=1S/C19H28O2/c1-2-3-4-5-6-7-8-9-10-17-11-13-18(14-12-17)20-15-19-16-21-19/h7-8,11-14,19H,2-6,9-10,15-16H2,1H3/b8-7+. The van der Waals surface area contributed by atoms with Crippen molar-refractivity contribution in [3.05, 3.63) is 42.0 Å². The Bertz CT molecular complexity index is 404. The molecule has 1 heterocycles. The molecule has 0 saturated carbocycles. The van der Waals surface area contributed by atoms with E-state index >= 15 is 0 Å². The smallest absolute Gasteiger partial charge is 0.119 e. The number of unbranched alkanes of at least 4 members (excludes halogenated alkanes) is 4. The van der Waals surface area contributed by atoms with Gasteiger partial charge < -0.3 is 9.47 Å². The third-order valence-electron chi connectivity index (χ3n) is 3.75. The Morgan fingerprint density at radius 1 is 1.10 bits per heavy atom. The van der Waals surface area contributed by atoms with Gasteiger partial charge in [0.1, 0.15) is 18.5 Å². The van der Waals surface area contributed by atoms with Gasteiger partial charge >= 0.3 is 0 Å². The lowest BCUT2D eigenvalue weighted by atomic mass is 10.1. The first-order chi connectivity index (χ1) is 10.4. The van der Waals surface area contributed by atoms with Gasteiger partial charge in [0.05, 0.1) is 6.61 Å². The molecule has 0 radical (unpaired) electrons. The number of hydrogen-bond donors (Lipinski definition) is 0. The number of rotatable bonds is 11. The molecule has 1 aliphatic rings. The molecule has 1 unspecified atom stereocenters. The minimum absolute atomic E-state index is 0.326. The van der Waals surface area contributed by atoms with Crippen molar-refractivity contribution < 1.29 is 9.47 Å². The summed E-state index contributed by atoms with van der Waals surface area (Å²) in [5, 5.41) is 0. The summed E-state index contributed by atoms with van der Waals surface area (Å²) < 4.78 is 10.8. The van der Waals surface area contributed by atoms with E-state index in [0.29, 0.717) is 12.7 Å². The molecule has 1 saturated heterocycles. The van der Waals surface area contributed by atoms with Crippen LogP contribution in [0.4, 0.5) is 0 Å². The Labute approximate surface area is 129 Å². The summed E-state index contributed by atoms with van der Waals surface area (Å²) >= 11 is 0. The molecule has 0 spiro atoms. The van der Waals surface area contributed by atoms with Gasteiger partial charge in [0, 0.05) is 0 Å². The zero-order valence-electron chi connectivity index (χ0n) is 13.2. The first kappa shape index (κ1) is 16.1. The normalized spacial score (nSPS) is 17.3. The van der Waals surface area contributed by atoms with Crippen LogP contribution in [0, 0.1) is 0 Å². The predicted molar refractivity (Wildman–Crippen MR) is 87.9 cm³/mol. The summed E-state index contributed by atoms with van der Waals surface area (Å²) in [7, 11) is 0. The highest BCUT2D eigenvalue weighted by Gasteiger charge is 2.22. The number of ether oxygens (including phenoxy) is 2. The van der Waals surface area contributed by atoms with Gasteiger partial charge in [-0.1, -0.05) is 50.5 Å². The highest BCUT2D eigenvalue weighted by Crippen LogP contribution is 2.16. The van der Waals surface area contributed by atoms with Crippen LogP contribution in [0.2, 0.25) is 0 Å². The van der Waals surface area contributed by atoms with Gasteiger partial charge in [0.2, 0.25) is 0 Å². The molecule has 1 fully saturated rings. The average molecular weight is 288 g/mol. The summed E-state index contributed by atoms with van der Waals surface area (Å²) in [4.78, 5) is 0. The number of aryl methyl sites for hydroxylation is 1. The molecule has 1 aliphatic heterocycles. The quantitative estimate of drug-likeness (QED) is 0.327. The van der Waals surface area contributed by atoms with Crippen molar-refractivity contribution >= 4 is 0 Å². The molecule has 21 heavy (non-hydrogen) atoms. The molecule has 2 heteroatoms. The maximum atomic E-state index is 5.64. The fraction of sp³-hybridized carbons (Fsp3) is 0.579. The molecule has 2 nitrogen and oxygen atoms in total. The van der Waals surface area contributed by atoms with Crippen LogP contribution < -0.4 is 4.74 Å². The summed E-state index contributed by atoms with van der Waals surface area (Å²) in [5.74, 6) is 0.945. The summed E-state index contributed by atoms with van der Waals surface area (Å²) in [6.45, 7) is 3.79. The first-order valence-electron chi connectivity index (χ1n) is 8.37. The molecule has 0 N–H and O–H groups in total. The molecule has 0 aliphatic carbocycles. The number of hydrogen-bond acceptors (Lipinski definition) is 2. The minimum Gasteiger partial charge on any atom is -0.491 e. The largest absolute Gasteiger partial charge is 0.491 e. The van der Waals surface area contributed by atoms with E-state index in [2.05, 4.69) is 43.3 Å². The van der Waals surface area contributed by atoms with Gasteiger partial charge in [-0.05, 0) is 43.4 Å². The average Bonchev–Trinajstić information content (AvgIpc) is 3.33. The zero-order chi connectivity index (χ0) is 14.8. The van der Waals surface area contributed by atoms with Gasteiger partial charge in [0.15, 0.2) is 0 Å². The van der Waals surface area contributed by atoms with E-state index in [4.69, 9.17) is 9.47 Å². The van der Waals surface area contributed by atoms with Crippen molar-refractivity contribution in [2.75, 3.05) is 13.2 Å². The second-order valence-corrected chi connectivity index (χ2v) is 5.77. The van der Waals surface area contributed by atoms with E-state index in [1.807, 2.05) is 0 Å². The molecule has 0 bridgehead atoms. The van der Waals surface area contributed by atoms with Crippen LogP contribution in [-0.4, -0.2) is 19.3 Å². The Balaban J connectivity index is 1.56. The molecule has 2 rings (SSSR count). The Hall–Kier alpha value is -1.28. The second-order valence-electron chi connectivity index (χ2n) is 5.77. The third-order valence-corrected chi connectivity index (χ3v) is 3.75. The van der Waals surface area contributed by atoms with Crippen LogP contribution in [0.3, 0.4) is 0 Å². The molecular weight excluding hydrogens is 260 g/mol. The van der Waals surface area contributed by atoms with Crippen LogP contribution in [-0.2, 0) is 11.2 Å². The fourth-order valence-electron chi connectivity index (χ4n) is 2.28. The fourth-order valence-corrected chi connectivity index (χ4v) is 2.28. The molecule has 0 amide bonds. The maximum absolute atomic E-state index is 5.64. The van der Waals surface area contributed by atoms with Crippen molar-refractivity contribution in [3.8, 4) is 5.75 Å². The van der Waals surface area contributed by atoms with Gasteiger partial charge in [-0.25, -0.2) is 0 Å². The van der Waals surface area contributed by atoms with Crippen molar-refractivity contribution in [2.45, 2.75) is 58.0 Å². The maximum Gasteiger partial charge on any atom is 0.119 e. The van der Waals surface area contributed by atoms with E-state index < -0.39 is 0 Å². The number of benzene rings is 1. The Kier molecular flexibility index (Phi) is 7.37. The Morgan fingerprint density at radius 2 is 1.86 bits per heavy atom. The monoisotopic (exact) mass is 288 g/mol. The summed E-state index contributed by atoms with van der Waals surface area (Å²) in [5.41, 5.74) is 1.38. The number of epoxide rings is 1. The van der Waals surface area contributed by atoms with Gasteiger partial charge in [-0.15, -0.1) is 0 Å². The third kappa shape index (κ3) is 7.33. The van der Waals surface area contributed by atoms with Crippen LogP contribution >= 0.6 is 0 Å². The summed E-state index contributed by atoms with van der Waals surface area (Å²) in [6.07, 6.45) is 13.8.